The molecule has 110 valence electrons. The van der Waals surface area contributed by atoms with Gasteiger partial charge in [-0.15, -0.1) is 0 Å². The summed E-state index contributed by atoms with van der Waals surface area (Å²) in [6, 6.07) is 10.8. The SMILES string of the molecule is Cc1cccc(N)c1C(=O)O.O=C(O)c1ccccc1O. The summed E-state index contributed by atoms with van der Waals surface area (Å²) >= 11 is 0. The predicted molar refractivity (Wildman–Crippen MR) is 77.6 cm³/mol. The Morgan fingerprint density at radius 1 is 0.952 bits per heavy atom. The summed E-state index contributed by atoms with van der Waals surface area (Å²) in [7, 11) is 0. The molecule has 0 bridgehead atoms. The first-order chi connectivity index (χ1) is 9.84. The third-order valence-corrected chi connectivity index (χ3v) is 2.65. The van der Waals surface area contributed by atoms with E-state index >= 15 is 0 Å². The quantitative estimate of drug-likeness (QED) is 0.630. The van der Waals surface area contributed by atoms with Gasteiger partial charge in [0.15, 0.2) is 0 Å². The molecular weight excluding hydrogens is 274 g/mol. The van der Waals surface area contributed by atoms with Gasteiger partial charge in [0.05, 0.1) is 5.56 Å². The van der Waals surface area contributed by atoms with Gasteiger partial charge in [0.1, 0.15) is 11.3 Å². The van der Waals surface area contributed by atoms with Crippen molar-refractivity contribution in [2.75, 3.05) is 5.73 Å². The number of anilines is 1. The molecular formula is C15H15NO5. The van der Waals surface area contributed by atoms with Gasteiger partial charge >= 0.3 is 11.9 Å². The van der Waals surface area contributed by atoms with Crippen LogP contribution in [0.4, 0.5) is 5.69 Å². The van der Waals surface area contributed by atoms with Gasteiger partial charge in [0.25, 0.3) is 0 Å². The molecule has 0 aliphatic rings. The molecule has 0 saturated carbocycles. The molecule has 0 aliphatic heterocycles. The van der Waals surface area contributed by atoms with Crippen LogP contribution in [0, 0.1) is 6.92 Å². The Balaban J connectivity index is 0.000000211. The Morgan fingerprint density at radius 3 is 1.95 bits per heavy atom. The molecule has 6 nitrogen and oxygen atoms in total. The van der Waals surface area contributed by atoms with E-state index in [-0.39, 0.29) is 16.9 Å². The van der Waals surface area contributed by atoms with Crippen LogP contribution in [0.2, 0.25) is 0 Å². The van der Waals surface area contributed by atoms with Crippen LogP contribution >= 0.6 is 0 Å². The van der Waals surface area contributed by atoms with Gasteiger partial charge < -0.3 is 21.1 Å². The maximum Gasteiger partial charge on any atom is 0.339 e. The third kappa shape index (κ3) is 4.24. The van der Waals surface area contributed by atoms with Crippen molar-refractivity contribution in [3.05, 3.63) is 59.2 Å². The Morgan fingerprint density at radius 2 is 1.57 bits per heavy atom. The monoisotopic (exact) mass is 289 g/mol. The number of carboxylic acid groups (broad SMARTS) is 2. The second-order valence-electron chi connectivity index (χ2n) is 4.17. The summed E-state index contributed by atoms with van der Waals surface area (Å²) in [5.74, 6) is -2.28. The predicted octanol–water partition coefficient (Wildman–Crippen LogP) is 2.37. The minimum atomic E-state index is -1.11. The van der Waals surface area contributed by atoms with E-state index in [1.807, 2.05) is 0 Å². The van der Waals surface area contributed by atoms with Gasteiger partial charge in [-0.05, 0) is 30.7 Å². The van der Waals surface area contributed by atoms with Crippen LogP contribution in [0.25, 0.3) is 0 Å². The van der Waals surface area contributed by atoms with Crippen molar-refractivity contribution >= 4 is 17.6 Å². The molecule has 2 rings (SSSR count). The molecule has 2 aromatic rings. The van der Waals surface area contributed by atoms with Gasteiger partial charge in [-0.1, -0.05) is 24.3 Å². The lowest BCUT2D eigenvalue weighted by Crippen LogP contribution is -2.04. The molecule has 0 unspecified atom stereocenters. The second kappa shape index (κ2) is 6.95. The molecule has 6 heteroatoms. The van der Waals surface area contributed by atoms with E-state index < -0.39 is 11.9 Å². The molecule has 5 N–H and O–H groups in total. The summed E-state index contributed by atoms with van der Waals surface area (Å²) in [5, 5.41) is 26.0. The molecule has 0 saturated heterocycles. The topological polar surface area (TPSA) is 121 Å². The van der Waals surface area contributed by atoms with Gasteiger partial charge in [0, 0.05) is 5.69 Å². The highest BCUT2D eigenvalue weighted by molar-refractivity contribution is 5.95. The van der Waals surface area contributed by atoms with E-state index in [0.29, 0.717) is 11.3 Å². The highest BCUT2D eigenvalue weighted by Gasteiger charge is 2.09. The fraction of sp³-hybridized carbons (Fsp3) is 0.0667. The maximum atomic E-state index is 10.6. The number of hydrogen-bond acceptors (Lipinski definition) is 4. The van der Waals surface area contributed by atoms with E-state index in [1.54, 1.807) is 37.3 Å². The smallest absolute Gasteiger partial charge is 0.339 e. The van der Waals surface area contributed by atoms with Crippen LogP contribution < -0.4 is 5.73 Å². The first-order valence-corrected chi connectivity index (χ1v) is 5.94. The molecule has 0 amide bonds. The number of carboxylic acids is 2. The zero-order valence-corrected chi connectivity index (χ0v) is 11.3. The number of carbonyl (C=O) groups is 2. The van der Waals surface area contributed by atoms with E-state index in [2.05, 4.69) is 0 Å². The standard InChI is InChI=1S/C8H9NO2.C7H6O3/c1-5-3-2-4-6(9)7(5)8(10)11;8-6-4-2-1-3-5(6)7(9)10/h2-4H,9H2,1H3,(H,10,11);1-4,8H,(H,9,10). The molecule has 21 heavy (non-hydrogen) atoms. The minimum Gasteiger partial charge on any atom is -0.507 e. The Bertz CT molecular complexity index is 647. The van der Waals surface area contributed by atoms with Crippen molar-refractivity contribution in [3.63, 3.8) is 0 Å². The molecule has 0 atom stereocenters. The number of phenols is 1. The number of nitrogens with two attached hydrogens (primary N) is 1. The van der Waals surface area contributed by atoms with Crippen molar-refractivity contribution in [1.29, 1.82) is 0 Å². The van der Waals surface area contributed by atoms with Crippen LogP contribution in [0.15, 0.2) is 42.5 Å². The fourth-order valence-electron chi connectivity index (χ4n) is 1.64. The minimum absolute atomic E-state index is 0.0671. The molecule has 0 fully saturated rings. The number of nitrogen functional groups attached to an aromatic ring is 1. The highest BCUT2D eigenvalue weighted by atomic mass is 16.4. The van der Waals surface area contributed by atoms with Crippen LogP contribution in [0.3, 0.4) is 0 Å². The van der Waals surface area contributed by atoms with Gasteiger partial charge in [-0.25, -0.2) is 9.59 Å². The molecule has 2 aromatic carbocycles. The van der Waals surface area contributed by atoms with Crippen molar-refractivity contribution in [2.24, 2.45) is 0 Å². The average Bonchev–Trinajstić information content (AvgIpc) is 2.39. The number of rotatable bonds is 2. The lowest BCUT2D eigenvalue weighted by molar-refractivity contribution is 0.0684. The average molecular weight is 289 g/mol. The van der Waals surface area contributed by atoms with Crippen molar-refractivity contribution in [3.8, 4) is 5.75 Å². The number of aromatic carboxylic acids is 2. The van der Waals surface area contributed by atoms with E-state index in [4.69, 9.17) is 21.1 Å². The summed E-state index contributed by atoms with van der Waals surface area (Å²) < 4.78 is 0. The van der Waals surface area contributed by atoms with E-state index in [1.165, 1.54) is 12.1 Å². The zero-order chi connectivity index (χ0) is 16.0. The first-order valence-electron chi connectivity index (χ1n) is 5.94. The summed E-state index contributed by atoms with van der Waals surface area (Å²) in [5.41, 5.74) is 6.59. The van der Waals surface area contributed by atoms with Crippen LogP contribution in [-0.2, 0) is 0 Å². The Labute approximate surface area is 121 Å². The van der Waals surface area contributed by atoms with Gasteiger partial charge in [-0.3, -0.25) is 0 Å². The normalized spacial score (nSPS) is 9.38. The summed E-state index contributed by atoms with van der Waals surface area (Å²) in [4.78, 5) is 20.8. The fourth-order valence-corrected chi connectivity index (χ4v) is 1.64. The number of benzene rings is 2. The summed E-state index contributed by atoms with van der Waals surface area (Å²) in [6.07, 6.45) is 0. The Hall–Kier alpha value is -3.02. The Kier molecular flexibility index (Phi) is 5.31. The maximum absolute atomic E-state index is 10.6. The lowest BCUT2D eigenvalue weighted by atomic mass is 10.1. The number of hydrogen-bond donors (Lipinski definition) is 4. The van der Waals surface area contributed by atoms with Crippen LogP contribution in [0.1, 0.15) is 26.3 Å². The summed E-state index contributed by atoms with van der Waals surface area (Å²) in [6.45, 7) is 1.72. The van der Waals surface area contributed by atoms with Crippen molar-refractivity contribution < 1.29 is 24.9 Å². The van der Waals surface area contributed by atoms with Gasteiger partial charge in [-0.2, -0.15) is 0 Å². The van der Waals surface area contributed by atoms with Crippen molar-refractivity contribution in [1.82, 2.24) is 0 Å². The van der Waals surface area contributed by atoms with Crippen LogP contribution in [0.5, 0.6) is 5.75 Å². The third-order valence-electron chi connectivity index (χ3n) is 2.65. The van der Waals surface area contributed by atoms with E-state index in [9.17, 15) is 9.59 Å². The molecule has 0 heterocycles. The lowest BCUT2D eigenvalue weighted by Gasteiger charge is -2.02. The van der Waals surface area contributed by atoms with Crippen LogP contribution in [-0.4, -0.2) is 27.3 Å². The van der Waals surface area contributed by atoms with Gasteiger partial charge in [0.2, 0.25) is 0 Å². The largest absolute Gasteiger partial charge is 0.507 e. The number of para-hydroxylation sites is 1. The molecule has 0 spiro atoms. The highest BCUT2D eigenvalue weighted by Crippen LogP contribution is 2.15. The van der Waals surface area contributed by atoms with E-state index in [0.717, 1.165) is 0 Å². The molecule has 0 aliphatic carbocycles. The second-order valence-corrected chi connectivity index (χ2v) is 4.17. The zero-order valence-electron chi connectivity index (χ0n) is 11.3. The molecule has 0 aromatic heterocycles. The number of aromatic hydroxyl groups is 1. The van der Waals surface area contributed by atoms with Crippen molar-refractivity contribution in [2.45, 2.75) is 6.92 Å². The molecule has 0 radical (unpaired) electrons. The number of aryl methyl sites for hydroxylation is 1. The first kappa shape index (κ1) is 16.0.